The molecule has 0 aromatic heterocycles. The van der Waals surface area contributed by atoms with Gasteiger partial charge in [-0.25, -0.2) is 8.78 Å². The monoisotopic (exact) mass is 143 g/mol. The van der Waals surface area contributed by atoms with E-state index in [1.54, 1.807) is 0 Å². The molecular formula is C7H7F2N. The second kappa shape index (κ2) is 2.25. The first kappa shape index (κ1) is 6.99. The van der Waals surface area contributed by atoms with E-state index >= 15 is 0 Å². The Morgan fingerprint density at radius 3 is 2.20 bits per heavy atom. The Kier molecular flexibility index (Phi) is 1.57. The number of benzene rings is 1. The highest BCUT2D eigenvalue weighted by atomic mass is 19.1. The number of nitrogen functional groups attached to an aromatic ring is 1. The van der Waals surface area contributed by atoms with Crippen LogP contribution in [0, 0.1) is 18.6 Å². The molecule has 0 saturated carbocycles. The standard InChI is InChI=1S/C7H7F2N/c1-4-5(8)2-3-6(9)7(4)10/h2-3H,10H2,1H3. The van der Waals surface area contributed by atoms with E-state index in [1.165, 1.54) is 6.92 Å². The average Bonchev–Trinajstić information content (AvgIpc) is 1.93. The highest BCUT2D eigenvalue weighted by molar-refractivity contribution is 5.47. The minimum absolute atomic E-state index is 0.111. The number of rotatable bonds is 0. The van der Waals surface area contributed by atoms with Gasteiger partial charge in [0, 0.05) is 5.56 Å². The molecule has 0 saturated heterocycles. The topological polar surface area (TPSA) is 26.0 Å². The number of hydrogen-bond acceptors (Lipinski definition) is 1. The van der Waals surface area contributed by atoms with Gasteiger partial charge in [0.1, 0.15) is 11.6 Å². The van der Waals surface area contributed by atoms with Crippen molar-refractivity contribution >= 4 is 5.69 Å². The molecule has 0 spiro atoms. The Balaban J connectivity index is 3.34. The predicted molar refractivity (Wildman–Crippen MR) is 35.5 cm³/mol. The third-order valence-corrected chi connectivity index (χ3v) is 1.40. The molecule has 0 amide bonds. The summed E-state index contributed by atoms with van der Waals surface area (Å²) in [7, 11) is 0. The zero-order valence-electron chi connectivity index (χ0n) is 5.49. The molecule has 0 radical (unpaired) electrons. The molecule has 3 heteroatoms. The number of anilines is 1. The lowest BCUT2D eigenvalue weighted by Crippen LogP contribution is -1.96. The third-order valence-electron chi connectivity index (χ3n) is 1.40. The molecule has 1 aromatic rings. The van der Waals surface area contributed by atoms with Crippen LogP contribution in [0.2, 0.25) is 0 Å². The maximum Gasteiger partial charge on any atom is 0.146 e. The van der Waals surface area contributed by atoms with Crippen molar-refractivity contribution in [2.24, 2.45) is 0 Å². The SMILES string of the molecule is Cc1c(F)ccc(F)c1N. The molecule has 10 heavy (non-hydrogen) atoms. The second-order valence-electron chi connectivity index (χ2n) is 2.07. The Labute approximate surface area is 57.5 Å². The Hall–Kier alpha value is -1.12. The van der Waals surface area contributed by atoms with E-state index in [1.807, 2.05) is 0 Å². The Bertz CT molecular complexity index is 231. The summed E-state index contributed by atoms with van der Waals surface area (Å²) in [5.74, 6) is -1.04. The Morgan fingerprint density at radius 2 is 1.70 bits per heavy atom. The maximum absolute atomic E-state index is 12.5. The normalized spacial score (nSPS) is 9.90. The lowest BCUT2D eigenvalue weighted by Gasteiger charge is -2.00. The highest BCUT2D eigenvalue weighted by Crippen LogP contribution is 2.17. The lowest BCUT2D eigenvalue weighted by molar-refractivity contribution is 0.596. The van der Waals surface area contributed by atoms with E-state index < -0.39 is 11.6 Å². The molecule has 0 aliphatic carbocycles. The van der Waals surface area contributed by atoms with Gasteiger partial charge in [-0.2, -0.15) is 0 Å². The van der Waals surface area contributed by atoms with Crippen molar-refractivity contribution in [1.82, 2.24) is 0 Å². The van der Waals surface area contributed by atoms with Crippen molar-refractivity contribution in [3.63, 3.8) is 0 Å². The minimum atomic E-state index is -0.570. The summed E-state index contributed by atoms with van der Waals surface area (Å²) in [4.78, 5) is 0. The first-order valence-corrected chi connectivity index (χ1v) is 2.83. The minimum Gasteiger partial charge on any atom is -0.396 e. The number of hydrogen-bond donors (Lipinski definition) is 1. The van der Waals surface area contributed by atoms with Gasteiger partial charge in [-0.05, 0) is 19.1 Å². The fraction of sp³-hybridized carbons (Fsp3) is 0.143. The zero-order valence-corrected chi connectivity index (χ0v) is 5.49. The molecule has 0 aliphatic rings. The van der Waals surface area contributed by atoms with Crippen molar-refractivity contribution in [2.45, 2.75) is 6.92 Å². The van der Waals surface area contributed by atoms with Crippen LogP contribution in [-0.4, -0.2) is 0 Å². The van der Waals surface area contributed by atoms with Crippen LogP contribution >= 0.6 is 0 Å². The average molecular weight is 143 g/mol. The van der Waals surface area contributed by atoms with Crippen molar-refractivity contribution < 1.29 is 8.78 Å². The molecule has 2 N–H and O–H groups in total. The molecule has 0 atom stereocenters. The summed E-state index contributed by atoms with van der Waals surface area (Å²) in [6.07, 6.45) is 0. The van der Waals surface area contributed by atoms with Gasteiger partial charge in [-0.1, -0.05) is 0 Å². The van der Waals surface area contributed by atoms with Crippen LogP contribution in [-0.2, 0) is 0 Å². The number of nitrogens with two attached hydrogens (primary N) is 1. The molecule has 0 fully saturated rings. The molecule has 0 aliphatic heterocycles. The maximum atomic E-state index is 12.5. The quantitative estimate of drug-likeness (QED) is 0.551. The predicted octanol–water partition coefficient (Wildman–Crippen LogP) is 1.86. The second-order valence-corrected chi connectivity index (χ2v) is 2.07. The molecule has 1 nitrogen and oxygen atoms in total. The van der Waals surface area contributed by atoms with Crippen LogP contribution < -0.4 is 5.73 Å². The van der Waals surface area contributed by atoms with Gasteiger partial charge >= 0.3 is 0 Å². The largest absolute Gasteiger partial charge is 0.396 e. The van der Waals surface area contributed by atoms with Gasteiger partial charge in [0.25, 0.3) is 0 Å². The molecule has 0 heterocycles. The third kappa shape index (κ3) is 0.943. The lowest BCUT2D eigenvalue weighted by atomic mass is 10.2. The van der Waals surface area contributed by atoms with E-state index in [4.69, 9.17) is 5.73 Å². The Morgan fingerprint density at radius 1 is 1.20 bits per heavy atom. The zero-order chi connectivity index (χ0) is 7.72. The van der Waals surface area contributed by atoms with E-state index in [0.29, 0.717) is 0 Å². The van der Waals surface area contributed by atoms with E-state index in [-0.39, 0.29) is 11.3 Å². The molecule has 54 valence electrons. The highest BCUT2D eigenvalue weighted by Gasteiger charge is 2.04. The van der Waals surface area contributed by atoms with Gasteiger partial charge in [0.05, 0.1) is 5.69 Å². The van der Waals surface area contributed by atoms with Crippen molar-refractivity contribution in [3.05, 3.63) is 29.3 Å². The van der Waals surface area contributed by atoms with Crippen LogP contribution in [0.25, 0.3) is 0 Å². The summed E-state index contributed by atoms with van der Waals surface area (Å²) in [6.45, 7) is 1.44. The summed E-state index contributed by atoms with van der Waals surface area (Å²) >= 11 is 0. The van der Waals surface area contributed by atoms with Gasteiger partial charge in [-0.15, -0.1) is 0 Å². The molecule has 1 rings (SSSR count). The van der Waals surface area contributed by atoms with E-state index in [9.17, 15) is 8.78 Å². The van der Waals surface area contributed by atoms with Gasteiger partial charge in [-0.3, -0.25) is 0 Å². The van der Waals surface area contributed by atoms with Crippen LogP contribution in [0.4, 0.5) is 14.5 Å². The van der Waals surface area contributed by atoms with E-state index in [0.717, 1.165) is 12.1 Å². The van der Waals surface area contributed by atoms with Crippen LogP contribution in [0.1, 0.15) is 5.56 Å². The first-order chi connectivity index (χ1) is 4.63. The summed E-state index contributed by atoms with van der Waals surface area (Å²) in [5, 5.41) is 0. The molecule has 0 unspecified atom stereocenters. The van der Waals surface area contributed by atoms with E-state index in [2.05, 4.69) is 0 Å². The van der Waals surface area contributed by atoms with Crippen LogP contribution in [0.15, 0.2) is 12.1 Å². The summed E-state index contributed by atoms with van der Waals surface area (Å²) in [5.41, 5.74) is 5.22. The van der Waals surface area contributed by atoms with Gasteiger partial charge in [0.15, 0.2) is 0 Å². The molecular weight excluding hydrogens is 136 g/mol. The fourth-order valence-corrected chi connectivity index (χ4v) is 0.669. The van der Waals surface area contributed by atoms with Gasteiger partial charge in [0.2, 0.25) is 0 Å². The van der Waals surface area contributed by atoms with Crippen molar-refractivity contribution in [2.75, 3.05) is 5.73 Å². The smallest absolute Gasteiger partial charge is 0.146 e. The number of halogens is 2. The first-order valence-electron chi connectivity index (χ1n) is 2.83. The molecule has 1 aromatic carbocycles. The molecule has 0 bridgehead atoms. The van der Waals surface area contributed by atoms with Crippen LogP contribution in [0.5, 0.6) is 0 Å². The fourth-order valence-electron chi connectivity index (χ4n) is 0.669. The van der Waals surface area contributed by atoms with Gasteiger partial charge < -0.3 is 5.73 Å². The summed E-state index contributed by atoms with van der Waals surface area (Å²) < 4.78 is 25.0. The summed E-state index contributed by atoms with van der Waals surface area (Å²) in [6, 6.07) is 2.07. The van der Waals surface area contributed by atoms with Crippen molar-refractivity contribution in [3.8, 4) is 0 Å². The van der Waals surface area contributed by atoms with Crippen LogP contribution in [0.3, 0.4) is 0 Å². The van der Waals surface area contributed by atoms with Crippen molar-refractivity contribution in [1.29, 1.82) is 0 Å².